The van der Waals surface area contributed by atoms with Gasteiger partial charge in [0.1, 0.15) is 5.75 Å². The lowest BCUT2D eigenvalue weighted by Crippen LogP contribution is -2.17. The van der Waals surface area contributed by atoms with Gasteiger partial charge in [0.05, 0.1) is 5.69 Å². The molecule has 5 heteroatoms. The van der Waals surface area contributed by atoms with Crippen LogP contribution in [0, 0.1) is 6.92 Å². The number of aryl methyl sites for hydroxylation is 1. The number of nitrogen functional groups attached to an aromatic ring is 1. The summed E-state index contributed by atoms with van der Waals surface area (Å²) in [6, 6.07) is 10.2. The number of nitrogens with one attached hydrogen (secondary N) is 1. The predicted molar refractivity (Wildman–Crippen MR) is 80.5 cm³/mol. The molecule has 3 N–H and O–H groups in total. The quantitative estimate of drug-likeness (QED) is 0.852. The van der Waals surface area contributed by atoms with Crippen molar-refractivity contribution < 1.29 is 9.53 Å². The molecule has 0 aromatic heterocycles. The lowest BCUT2D eigenvalue weighted by Gasteiger charge is -2.11. The molecule has 0 aliphatic carbocycles. The highest BCUT2D eigenvalue weighted by Gasteiger charge is 2.09. The number of carbonyl (C=O) groups is 1. The maximum atomic E-state index is 11.6. The molecule has 0 saturated carbocycles. The molecule has 1 amide bonds. The van der Waals surface area contributed by atoms with Gasteiger partial charge < -0.3 is 15.8 Å². The molecule has 0 unspecified atom stereocenters. The van der Waals surface area contributed by atoms with Crippen molar-refractivity contribution in [2.75, 3.05) is 12.8 Å². The number of rotatable bonds is 3. The lowest BCUT2D eigenvalue weighted by atomic mass is 10.1. The van der Waals surface area contributed by atoms with Crippen LogP contribution in [0.15, 0.2) is 36.4 Å². The summed E-state index contributed by atoms with van der Waals surface area (Å²) in [5.41, 5.74) is 7.72. The van der Waals surface area contributed by atoms with Crippen molar-refractivity contribution >= 4 is 23.2 Å². The number of anilines is 1. The minimum atomic E-state index is -0.192. The van der Waals surface area contributed by atoms with Crippen molar-refractivity contribution in [3.05, 3.63) is 52.5 Å². The summed E-state index contributed by atoms with van der Waals surface area (Å²) in [7, 11) is 1.57. The molecule has 0 radical (unpaired) electrons. The molecule has 0 aliphatic rings. The molecular weight excluding hydrogens is 276 g/mol. The van der Waals surface area contributed by atoms with Crippen LogP contribution in [0.25, 0.3) is 0 Å². The van der Waals surface area contributed by atoms with E-state index in [9.17, 15) is 4.79 Å². The maximum absolute atomic E-state index is 11.6. The first-order valence-corrected chi connectivity index (χ1v) is 6.44. The summed E-state index contributed by atoms with van der Waals surface area (Å²) in [5, 5.41) is 3.23. The molecule has 0 heterocycles. The van der Waals surface area contributed by atoms with Crippen molar-refractivity contribution in [1.82, 2.24) is 5.32 Å². The number of nitrogens with two attached hydrogens (primary N) is 1. The van der Waals surface area contributed by atoms with Crippen LogP contribution in [-0.2, 0) is 0 Å². The van der Waals surface area contributed by atoms with E-state index in [1.165, 1.54) is 0 Å². The number of carbonyl (C=O) groups excluding carboxylic acids is 1. The summed E-state index contributed by atoms with van der Waals surface area (Å²) >= 11 is 5.97. The van der Waals surface area contributed by atoms with E-state index in [2.05, 4.69) is 5.32 Å². The first-order valence-electron chi connectivity index (χ1n) is 6.07. The Labute approximate surface area is 122 Å². The molecule has 104 valence electrons. The van der Waals surface area contributed by atoms with Crippen LogP contribution < -0.4 is 15.8 Å². The third-order valence-corrected chi connectivity index (χ3v) is 3.28. The van der Waals surface area contributed by atoms with Gasteiger partial charge in [-0.05, 0) is 48.9 Å². The van der Waals surface area contributed by atoms with Crippen LogP contribution in [-0.4, -0.2) is 13.0 Å². The highest BCUT2D eigenvalue weighted by molar-refractivity contribution is 6.31. The number of halogens is 1. The van der Waals surface area contributed by atoms with E-state index < -0.39 is 0 Å². The Kier molecular flexibility index (Phi) is 4.15. The average molecular weight is 291 g/mol. The van der Waals surface area contributed by atoms with Gasteiger partial charge in [0.15, 0.2) is 5.75 Å². The molecule has 0 spiro atoms. The van der Waals surface area contributed by atoms with Crippen LogP contribution in [0.1, 0.15) is 15.9 Å². The summed E-state index contributed by atoms with van der Waals surface area (Å²) < 4.78 is 5.72. The predicted octanol–water partition coefficient (Wildman–Crippen LogP) is 3.38. The minimum Gasteiger partial charge on any atom is -0.455 e. The van der Waals surface area contributed by atoms with E-state index in [-0.39, 0.29) is 5.91 Å². The maximum Gasteiger partial charge on any atom is 0.251 e. The Morgan fingerprint density at radius 1 is 1.25 bits per heavy atom. The van der Waals surface area contributed by atoms with Crippen molar-refractivity contribution in [2.45, 2.75) is 6.92 Å². The van der Waals surface area contributed by atoms with Gasteiger partial charge in [0.25, 0.3) is 5.91 Å². The van der Waals surface area contributed by atoms with Gasteiger partial charge in [-0.3, -0.25) is 4.79 Å². The fourth-order valence-corrected chi connectivity index (χ4v) is 1.83. The zero-order chi connectivity index (χ0) is 14.7. The Hall–Kier alpha value is -2.20. The monoisotopic (exact) mass is 290 g/mol. The zero-order valence-electron chi connectivity index (χ0n) is 11.2. The van der Waals surface area contributed by atoms with Crippen LogP contribution in [0.4, 0.5) is 5.69 Å². The van der Waals surface area contributed by atoms with Gasteiger partial charge in [-0.2, -0.15) is 0 Å². The summed E-state index contributed by atoms with van der Waals surface area (Å²) in [4.78, 5) is 11.6. The van der Waals surface area contributed by atoms with Gasteiger partial charge in [-0.25, -0.2) is 0 Å². The van der Waals surface area contributed by atoms with Crippen molar-refractivity contribution in [2.24, 2.45) is 0 Å². The number of amides is 1. The summed E-state index contributed by atoms with van der Waals surface area (Å²) in [6.45, 7) is 1.89. The van der Waals surface area contributed by atoms with Crippen molar-refractivity contribution in [3.63, 3.8) is 0 Å². The first-order chi connectivity index (χ1) is 9.51. The van der Waals surface area contributed by atoms with E-state index in [4.69, 9.17) is 22.1 Å². The van der Waals surface area contributed by atoms with Gasteiger partial charge >= 0.3 is 0 Å². The van der Waals surface area contributed by atoms with E-state index >= 15 is 0 Å². The van der Waals surface area contributed by atoms with Gasteiger partial charge in [0.2, 0.25) is 0 Å². The van der Waals surface area contributed by atoms with Crippen LogP contribution in [0.3, 0.4) is 0 Å². The Balaban J connectivity index is 2.32. The van der Waals surface area contributed by atoms with E-state index in [0.717, 1.165) is 5.56 Å². The van der Waals surface area contributed by atoms with Crippen molar-refractivity contribution in [3.8, 4) is 11.5 Å². The molecule has 0 fully saturated rings. The number of hydrogen-bond donors (Lipinski definition) is 2. The van der Waals surface area contributed by atoms with Gasteiger partial charge in [-0.15, -0.1) is 0 Å². The third-order valence-electron chi connectivity index (χ3n) is 2.86. The van der Waals surface area contributed by atoms with Gasteiger partial charge in [0, 0.05) is 17.6 Å². The molecule has 0 saturated heterocycles. The fraction of sp³-hybridized carbons (Fsp3) is 0.133. The number of hydrogen-bond acceptors (Lipinski definition) is 3. The second kappa shape index (κ2) is 5.84. The fourth-order valence-electron chi connectivity index (χ4n) is 1.72. The number of benzene rings is 2. The highest BCUT2D eigenvalue weighted by Crippen LogP contribution is 2.30. The van der Waals surface area contributed by atoms with E-state index in [1.54, 1.807) is 37.4 Å². The lowest BCUT2D eigenvalue weighted by molar-refractivity contribution is 0.0963. The second-order valence-electron chi connectivity index (χ2n) is 4.34. The molecule has 0 atom stereocenters. The Bertz CT molecular complexity index is 656. The Morgan fingerprint density at radius 3 is 2.65 bits per heavy atom. The van der Waals surface area contributed by atoms with Crippen molar-refractivity contribution in [1.29, 1.82) is 0 Å². The second-order valence-corrected chi connectivity index (χ2v) is 4.75. The highest BCUT2D eigenvalue weighted by atomic mass is 35.5. The standard InChI is InChI=1S/C15H15ClN2O2/c1-9-7-11(4-5-12(9)16)20-14-8-10(15(19)18-2)3-6-13(14)17/h3-8H,17H2,1-2H3,(H,18,19). The Morgan fingerprint density at radius 2 is 2.00 bits per heavy atom. The molecular formula is C15H15ClN2O2. The van der Waals surface area contributed by atoms with Crippen LogP contribution in [0.5, 0.6) is 11.5 Å². The van der Waals surface area contributed by atoms with E-state index in [0.29, 0.717) is 27.8 Å². The molecule has 20 heavy (non-hydrogen) atoms. The first kappa shape index (κ1) is 14.2. The minimum absolute atomic E-state index is 0.192. The molecule has 2 aromatic carbocycles. The van der Waals surface area contributed by atoms with Gasteiger partial charge in [-0.1, -0.05) is 11.6 Å². The summed E-state index contributed by atoms with van der Waals surface area (Å²) in [6.07, 6.45) is 0. The van der Waals surface area contributed by atoms with Crippen LogP contribution in [0.2, 0.25) is 5.02 Å². The van der Waals surface area contributed by atoms with E-state index in [1.807, 2.05) is 13.0 Å². The number of ether oxygens (including phenoxy) is 1. The zero-order valence-corrected chi connectivity index (χ0v) is 12.0. The molecule has 4 nitrogen and oxygen atoms in total. The SMILES string of the molecule is CNC(=O)c1ccc(N)c(Oc2ccc(Cl)c(C)c2)c1. The molecule has 0 aliphatic heterocycles. The molecule has 0 bridgehead atoms. The van der Waals surface area contributed by atoms with Crippen LogP contribution >= 0.6 is 11.6 Å². The average Bonchev–Trinajstić information content (AvgIpc) is 2.44. The topological polar surface area (TPSA) is 64.4 Å². The summed E-state index contributed by atoms with van der Waals surface area (Å²) in [5.74, 6) is 0.864. The molecule has 2 rings (SSSR count). The third kappa shape index (κ3) is 3.03. The largest absolute Gasteiger partial charge is 0.455 e. The smallest absolute Gasteiger partial charge is 0.251 e. The molecule has 2 aromatic rings. The normalized spacial score (nSPS) is 10.2.